The van der Waals surface area contributed by atoms with E-state index >= 15 is 0 Å². The second kappa shape index (κ2) is 2.64. The Hall–Kier alpha value is -0.290. The first-order chi connectivity index (χ1) is 4.93. The zero-order valence-electron chi connectivity index (χ0n) is 6.34. The lowest BCUT2D eigenvalue weighted by molar-refractivity contribution is -0.113. The highest BCUT2D eigenvalue weighted by Gasteiger charge is 2.40. The first-order valence-electron chi connectivity index (χ1n) is 3.25. The van der Waals surface area contributed by atoms with Crippen LogP contribution >= 0.6 is 24.8 Å². The minimum Gasteiger partial charge on any atom is -0.355 e. The molecule has 1 aliphatic heterocycles. The maximum Gasteiger partial charge on any atom is 0.210 e. The molecule has 1 fully saturated rings. The largest absolute Gasteiger partial charge is 0.355 e. The van der Waals surface area contributed by atoms with E-state index in [4.69, 9.17) is 12.2 Å². The molecule has 1 rings (SSSR count). The van der Waals surface area contributed by atoms with Crippen molar-refractivity contribution in [2.45, 2.75) is 25.4 Å². The van der Waals surface area contributed by atoms with Crippen molar-refractivity contribution in [2.75, 3.05) is 0 Å². The molecule has 1 saturated heterocycles. The number of hydrogen-bond donors (Lipinski definition) is 3. The summed E-state index contributed by atoms with van der Waals surface area (Å²) >= 11 is 8.60. The summed E-state index contributed by atoms with van der Waals surface area (Å²) in [5, 5.41) is 6.14. The highest BCUT2D eigenvalue weighted by atomic mass is 32.1. The molecule has 1 unspecified atom stereocenters. The van der Waals surface area contributed by atoms with E-state index < -0.39 is 0 Å². The number of rotatable bonds is 1. The van der Waals surface area contributed by atoms with Crippen LogP contribution in [0.4, 0.5) is 0 Å². The van der Waals surface area contributed by atoms with Crippen molar-refractivity contribution >= 4 is 35.1 Å². The van der Waals surface area contributed by atoms with Crippen LogP contribution in [0.25, 0.3) is 0 Å². The molecule has 0 amide bonds. The van der Waals surface area contributed by atoms with E-state index in [1.807, 2.05) is 13.8 Å². The van der Waals surface area contributed by atoms with Crippen LogP contribution in [0.5, 0.6) is 0 Å². The first-order valence-corrected chi connectivity index (χ1v) is 4.10. The summed E-state index contributed by atoms with van der Waals surface area (Å²) in [7, 11) is 0. The minimum atomic E-state index is -0.323. The molecule has 0 spiro atoms. The quantitative estimate of drug-likeness (QED) is 0.404. The van der Waals surface area contributed by atoms with E-state index in [1.54, 1.807) is 0 Å². The number of hydrogen-bond acceptors (Lipinski definition) is 2. The Morgan fingerprint density at radius 3 is 2.45 bits per heavy atom. The molecule has 5 heteroatoms. The SMILES string of the molecule is CC1(C)NC(=S)NC1C(=O)S. The van der Waals surface area contributed by atoms with Crippen LogP contribution in [0.2, 0.25) is 0 Å². The molecule has 1 aliphatic rings. The maximum absolute atomic E-state index is 10.9. The molecule has 2 N–H and O–H groups in total. The molecule has 0 aromatic rings. The molecule has 11 heavy (non-hydrogen) atoms. The Balaban J connectivity index is 2.82. The molecule has 0 aromatic heterocycles. The monoisotopic (exact) mass is 190 g/mol. The smallest absolute Gasteiger partial charge is 0.210 e. The average Bonchev–Trinajstić information content (AvgIpc) is 2.04. The Bertz CT molecular complexity index is 215. The molecule has 62 valence electrons. The van der Waals surface area contributed by atoms with Crippen molar-refractivity contribution in [3.8, 4) is 0 Å². The van der Waals surface area contributed by atoms with Crippen molar-refractivity contribution in [1.29, 1.82) is 0 Å². The van der Waals surface area contributed by atoms with Crippen molar-refractivity contribution in [3.63, 3.8) is 0 Å². The summed E-state index contributed by atoms with van der Waals surface area (Å²) in [4.78, 5) is 10.9. The summed E-state index contributed by atoms with van der Waals surface area (Å²) in [6.07, 6.45) is 0. The molecule has 0 aliphatic carbocycles. The molecular formula is C6H10N2OS2. The first kappa shape index (κ1) is 8.80. The third kappa shape index (κ3) is 1.65. The standard InChI is InChI=1S/C6H10N2OS2/c1-6(2)3(4(9)10)7-5(11)8-6/h3H,1-2H3,(H,9,10)(H2,7,8,11). The van der Waals surface area contributed by atoms with E-state index in [1.165, 1.54) is 0 Å². The van der Waals surface area contributed by atoms with Gasteiger partial charge in [-0.3, -0.25) is 4.79 Å². The van der Waals surface area contributed by atoms with Gasteiger partial charge in [0.1, 0.15) is 6.04 Å². The van der Waals surface area contributed by atoms with Crippen LogP contribution in [-0.4, -0.2) is 21.8 Å². The van der Waals surface area contributed by atoms with Gasteiger partial charge in [-0.2, -0.15) is 0 Å². The van der Waals surface area contributed by atoms with E-state index in [2.05, 4.69) is 23.3 Å². The molecule has 0 radical (unpaired) electrons. The Kier molecular flexibility index (Phi) is 2.11. The van der Waals surface area contributed by atoms with E-state index in [0.717, 1.165) is 0 Å². The zero-order chi connectivity index (χ0) is 8.65. The van der Waals surface area contributed by atoms with Crippen LogP contribution in [0, 0.1) is 0 Å². The number of thiol groups is 1. The fourth-order valence-electron chi connectivity index (χ4n) is 1.08. The highest BCUT2D eigenvalue weighted by molar-refractivity contribution is 7.96. The Labute approximate surface area is 76.3 Å². The zero-order valence-corrected chi connectivity index (χ0v) is 8.05. The second-order valence-corrected chi connectivity index (χ2v) is 3.94. The van der Waals surface area contributed by atoms with Gasteiger partial charge >= 0.3 is 0 Å². The summed E-state index contributed by atoms with van der Waals surface area (Å²) in [5.41, 5.74) is -0.323. The predicted octanol–water partition coefficient (Wildman–Crippen LogP) is 0.0677. The third-order valence-electron chi connectivity index (χ3n) is 1.68. The highest BCUT2D eigenvalue weighted by Crippen LogP contribution is 2.16. The van der Waals surface area contributed by atoms with Crippen LogP contribution in [-0.2, 0) is 4.79 Å². The topological polar surface area (TPSA) is 41.1 Å². The van der Waals surface area contributed by atoms with Crippen LogP contribution < -0.4 is 10.6 Å². The number of nitrogens with one attached hydrogen (secondary N) is 2. The van der Waals surface area contributed by atoms with Crippen LogP contribution in [0.1, 0.15) is 13.8 Å². The molecule has 1 atom stereocenters. The molecule has 3 nitrogen and oxygen atoms in total. The van der Waals surface area contributed by atoms with Crippen molar-refractivity contribution in [3.05, 3.63) is 0 Å². The average molecular weight is 190 g/mol. The minimum absolute atomic E-state index is 0.192. The van der Waals surface area contributed by atoms with E-state index in [9.17, 15) is 4.79 Å². The second-order valence-electron chi connectivity index (χ2n) is 3.09. The van der Waals surface area contributed by atoms with Gasteiger partial charge in [0.25, 0.3) is 0 Å². The maximum atomic E-state index is 10.9. The lowest BCUT2D eigenvalue weighted by atomic mass is 9.98. The molecule has 0 aromatic carbocycles. The van der Waals surface area contributed by atoms with Gasteiger partial charge in [-0.15, -0.1) is 12.6 Å². The van der Waals surface area contributed by atoms with Crippen LogP contribution in [0.3, 0.4) is 0 Å². The van der Waals surface area contributed by atoms with Gasteiger partial charge in [-0.05, 0) is 26.1 Å². The fraction of sp³-hybridized carbons (Fsp3) is 0.667. The van der Waals surface area contributed by atoms with Crippen molar-refractivity contribution in [2.24, 2.45) is 0 Å². The van der Waals surface area contributed by atoms with Gasteiger partial charge in [-0.1, -0.05) is 0 Å². The van der Waals surface area contributed by atoms with E-state index in [-0.39, 0.29) is 16.7 Å². The Morgan fingerprint density at radius 2 is 2.27 bits per heavy atom. The molecular weight excluding hydrogens is 180 g/mol. The molecule has 1 heterocycles. The third-order valence-corrected chi connectivity index (χ3v) is 2.16. The summed E-state index contributed by atoms with van der Waals surface area (Å²) in [6, 6.07) is -0.321. The van der Waals surface area contributed by atoms with Gasteiger partial charge in [0.2, 0.25) is 5.12 Å². The summed E-state index contributed by atoms with van der Waals surface area (Å²) < 4.78 is 0. The van der Waals surface area contributed by atoms with Gasteiger partial charge in [0.15, 0.2) is 5.11 Å². The van der Waals surface area contributed by atoms with E-state index in [0.29, 0.717) is 5.11 Å². The molecule has 0 saturated carbocycles. The van der Waals surface area contributed by atoms with Gasteiger partial charge in [-0.25, -0.2) is 0 Å². The van der Waals surface area contributed by atoms with Gasteiger partial charge in [0, 0.05) is 0 Å². The number of thiocarbonyl (C=S) groups is 1. The number of carbonyl (C=O) groups is 1. The normalized spacial score (nSPS) is 27.5. The lowest BCUT2D eigenvalue weighted by Crippen LogP contribution is -2.46. The summed E-state index contributed by atoms with van der Waals surface area (Å²) in [5.74, 6) is 0. The van der Waals surface area contributed by atoms with Gasteiger partial charge < -0.3 is 10.6 Å². The van der Waals surface area contributed by atoms with Crippen molar-refractivity contribution in [1.82, 2.24) is 10.6 Å². The fourth-order valence-corrected chi connectivity index (χ4v) is 1.85. The van der Waals surface area contributed by atoms with Crippen LogP contribution in [0.15, 0.2) is 0 Å². The predicted molar refractivity (Wildman–Crippen MR) is 50.7 cm³/mol. The Morgan fingerprint density at radius 1 is 1.73 bits per heavy atom. The molecule has 0 bridgehead atoms. The van der Waals surface area contributed by atoms with Crippen molar-refractivity contribution < 1.29 is 4.79 Å². The van der Waals surface area contributed by atoms with Gasteiger partial charge in [0.05, 0.1) is 5.54 Å². The number of carbonyl (C=O) groups excluding carboxylic acids is 1. The summed E-state index contributed by atoms with van der Waals surface area (Å²) in [6.45, 7) is 3.80. The lowest BCUT2D eigenvalue weighted by Gasteiger charge is -2.22.